The van der Waals surface area contributed by atoms with Gasteiger partial charge in [-0.15, -0.1) is 0 Å². The van der Waals surface area contributed by atoms with E-state index in [2.05, 4.69) is 20.3 Å². The fraction of sp³-hybridized carbons (Fsp3) is 0.423. The zero-order valence-electron chi connectivity index (χ0n) is 20.5. The van der Waals surface area contributed by atoms with Crippen molar-refractivity contribution in [3.05, 3.63) is 48.2 Å². The minimum Gasteiger partial charge on any atom is -0.345 e. The quantitative estimate of drug-likeness (QED) is 0.486. The summed E-state index contributed by atoms with van der Waals surface area (Å²) in [6, 6.07) is 9.68. The molecule has 0 aliphatic carbocycles. The van der Waals surface area contributed by atoms with Crippen molar-refractivity contribution in [1.29, 1.82) is 5.26 Å². The number of hydrogen-bond acceptors (Lipinski definition) is 8. The molecular formula is C26H28FN7O3. The number of carbonyl (C=O) groups excluding carboxylic acids is 1. The zero-order chi connectivity index (χ0) is 25.8. The molecule has 10 nitrogen and oxygen atoms in total. The van der Waals surface area contributed by atoms with Gasteiger partial charge in [-0.2, -0.15) is 5.26 Å². The van der Waals surface area contributed by atoms with Crippen LogP contribution in [0.25, 0.3) is 22.6 Å². The lowest BCUT2D eigenvalue weighted by Crippen LogP contribution is -2.51. The second-order valence-electron chi connectivity index (χ2n) is 9.50. The summed E-state index contributed by atoms with van der Waals surface area (Å²) in [4.78, 5) is 31.7. The van der Waals surface area contributed by atoms with Crippen LogP contribution in [0.4, 0.5) is 10.3 Å². The molecule has 0 spiro atoms. The smallest absolute Gasteiger partial charge is 0.233 e. The number of anilines is 1. The molecule has 0 radical (unpaired) electrons. The largest absolute Gasteiger partial charge is 0.345 e. The van der Waals surface area contributed by atoms with Crippen molar-refractivity contribution in [2.75, 3.05) is 38.2 Å². The first-order chi connectivity index (χ1) is 18.0. The van der Waals surface area contributed by atoms with E-state index >= 15 is 0 Å². The molecule has 192 valence electrons. The molecule has 0 bridgehead atoms. The van der Waals surface area contributed by atoms with Crippen molar-refractivity contribution >= 4 is 11.9 Å². The first kappa shape index (κ1) is 24.8. The van der Waals surface area contributed by atoms with Gasteiger partial charge in [-0.3, -0.25) is 4.79 Å². The molecule has 2 fully saturated rings. The van der Waals surface area contributed by atoms with Gasteiger partial charge in [0.1, 0.15) is 12.4 Å². The van der Waals surface area contributed by atoms with Gasteiger partial charge in [0.25, 0.3) is 0 Å². The average Bonchev–Trinajstić information content (AvgIpc) is 3.38. The number of nitriles is 1. The van der Waals surface area contributed by atoms with Crippen molar-refractivity contribution < 1.29 is 18.7 Å². The maximum atomic E-state index is 13.6. The van der Waals surface area contributed by atoms with E-state index in [9.17, 15) is 9.18 Å². The summed E-state index contributed by atoms with van der Waals surface area (Å²) in [5.74, 6) is 0.392. The van der Waals surface area contributed by atoms with Gasteiger partial charge in [-0.25, -0.2) is 19.3 Å². The molecule has 0 saturated carbocycles. The maximum absolute atomic E-state index is 13.6. The number of amides is 1. The number of hydrogen-bond donors (Lipinski definition) is 2. The SMILES string of the molecule is CC1(C(=O)N2CCCCC2)COC(c2nc(-c3ccc(F)cc3)c(-c3ccnc(NCC#N)n3)[nH]2)OC1. The Balaban J connectivity index is 1.41. The number of benzene rings is 1. The number of aromatic amines is 1. The van der Waals surface area contributed by atoms with Gasteiger partial charge in [-0.05, 0) is 56.5 Å². The van der Waals surface area contributed by atoms with E-state index in [1.165, 1.54) is 12.1 Å². The zero-order valence-corrected chi connectivity index (χ0v) is 20.5. The number of halogens is 1. The molecule has 1 aromatic carbocycles. The maximum Gasteiger partial charge on any atom is 0.233 e. The van der Waals surface area contributed by atoms with Gasteiger partial charge in [0.05, 0.1) is 41.8 Å². The molecule has 37 heavy (non-hydrogen) atoms. The van der Waals surface area contributed by atoms with Crippen LogP contribution in [0.2, 0.25) is 0 Å². The van der Waals surface area contributed by atoms with Crippen molar-refractivity contribution in [2.24, 2.45) is 5.41 Å². The normalized spacial score (nSPS) is 21.9. The van der Waals surface area contributed by atoms with Crippen molar-refractivity contribution in [1.82, 2.24) is 24.8 Å². The topological polar surface area (TPSA) is 129 Å². The highest BCUT2D eigenvalue weighted by Gasteiger charge is 2.43. The molecule has 2 aromatic heterocycles. The number of piperidine rings is 1. The van der Waals surface area contributed by atoms with E-state index < -0.39 is 11.7 Å². The summed E-state index contributed by atoms with van der Waals surface area (Å²) in [6.45, 7) is 3.86. The van der Waals surface area contributed by atoms with Crippen LogP contribution in [0.3, 0.4) is 0 Å². The molecule has 2 saturated heterocycles. The summed E-state index contributed by atoms with van der Waals surface area (Å²) in [5.41, 5.74) is 1.52. The third-order valence-corrected chi connectivity index (χ3v) is 6.57. The van der Waals surface area contributed by atoms with E-state index in [0.29, 0.717) is 28.5 Å². The Morgan fingerprint density at radius 1 is 1.19 bits per heavy atom. The molecule has 5 rings (SSSR count). The number of nitrogens with zero attached hydrogens (tertiary/aromatic N) is 5. The van der Waals surface area contributed by atoms with E-state index in [1.807, 2.05) is 17.9 Å². The molecular weight excluding hydrogens is 477 g/mol. The van der Waals surface area contributed by atoms with Gasteiger partial charge in [-0.1, -0.05) is 0 Å². The monoisotopic (exact) mass is 505 g/mol. The molecule has 4 heterocycles. The summed E-state index contributed by atoms with van der Waals surface area (Å²) in [5, 5.41) is 11.7. The number of nitrogens with one attached hydrogen (secondary N) is 2. The van der Waals surface area contributed by atoms with Crippen LogP contribution in [-0.2, 0) is 14.3 Å². The molecule has 0 atom stereocenters. The highest BCUT2D eigenvalue weighted by Crippen LogP contribution is 2.36. The second kappa shape index (κ2) is 10.6. The molecule has 2 aliphatic rings. The molecule has 0 unspecified atom stereocenters. The summed E-state index contributed by atoms with van der Waals surface area (Å²) in [7, 11) is 0. The van der Waals surface area contributed by atoms with Crippen LogP contribution < -0.4 is 5.32 Å². The number of likely N-dealkylation sites (tertiary alicyclic amines) is 1. The number of imidazole rings is 1. The standard InChI is InChI=1S/C26H28FN7O3/c1-26(24(35)34-13-3-2-4-14-34)15-36-23(37-16-26)22-32-20(17-5-7-18(27)8-6-17)21(33-22)19-9-11-29-25(31-19)30-12-10-28/h5-9,11,23H,2-4,12-16H2,1H3,(H,32,33)(H,29,30,31). The molecule has 2 aliphatic heterocycles. The van der Waals surface area contributed by atoms with Gasteiger partial charge in [0, 0.05) is 24.8 Å². The summed E-state index contributed by atoms with van der Waals surface area (Å²) >= 11 is 0. The lowest BCUT2D eigenvalue weighted by Gasteiger charge is -2.40. The minimum absolute atomic E-state index is 0.0520. The Morgan fingerprint density at radius 3 is 2.62 bits per heavy atom. The van der Waals surface area contributed by atoms with E-state index in [0.717, 1.165) is 32.4 Å². The fourth-order valence-corrected chi connectivity index (χ4v) is 4.58. The van der Waals surface area contributed by atoms with Gasteiger partial charge < -0.3 is 24.7 Å². The highest BCUT2D eigenvalue weighted by molar-refractivity contribution is 5.83. The lowest BCUT2D eigenvalue weighted by atomic mass is 9.89. The molecule has 1 amide bonds. The number of H-pyrrole nitrogens is 1. The first-order valence-electron chi connectivity index (χ1n) is 12.3. The van der Waals surface area contributed by atoms with Crippen LogP contribution in [0.15, 0.2) is 36.5 Å². The van der Waals surface area contributed by atoms with Crippen LogP contribution in [0.1, 0.15) is 38.3 Å². The van der Waals surface area contributed by atoms with Crippen molar-refractivity contribution in [3.63, 3.8) is 0 Å². The lowest BCUT2D eigenvalue weighted by molar-refractivity contribution is -0.234. The van der Waals surface area contributed by atoms with Gasteiger partial charge in [0.2, 0.25) is 18.1 Å². The Labute approximate surface area is 213 Å². The Hall–Kier alpha value is -3.88. The fourth-order valence-electron chi connectivity index (χ4n) is 4.58. The molecule has 3 aromatic rings. The van der Waals surface area contributed by atoms with E-state index in [1.54, 1.807) is 24.4 Å². The van der Waals surface area contributed by atoms with Gasteiger partial charge >= 0.3 is 0 Å². The number of aromatic nitrogens is 4. The third kappa shape index (κ3) is 5.30. The Morgan fingerprint density at radius 2 is 1.92 bits per heavy atom. The van der Waals surface area contributed by atoms with E-state index in [4.69, 9.17) is 19.7 Å². The Bertz CT molecular complexity index is 1290. The van der Waals surface area contributed by atoms with Gasteiger partial charge in [0.15, 0.2) is 5.82 Å². The third-order valence-electron chi connectivity index (χ3n) is 6.57. The summed E-state index contributed by atoms with van der Waals surface area (Å²) < 4.78 is 25.7. The van der Waals surface area contributed by atoms with Crippen LogP contribution in [-0.4, -0.2) is 63.6 Å². The number of ether oxygens (including phenoxy) is 2. The van der Waals surface area contributed by atoms with Crippen LogP contribution >= 0.6 is 0 Å². The molecule has 2 N–H and O–H groups in total. The van der Waals surface area contributed by atoms with E-state index in [-0.39, 0.29) is 37.4 Å². The Kier molecular flexibility index (Phi) is 7.12. The van der Waals surface area contributed by atoms with Crippen LogP contribution in [0.5, 0.6) is 0 Å². The van der Waals surface area contributed by atoms with Crippen molar-refractivity contribution in [2.45, 2.75) is 32.5 Å². The minimum atomic E-state index is -0.812. The highest BCUT2D eigenvalue weighted by atomic mass is 19.1. The predicted molar refractivity (Wildman–Crippen MR) is 132 cm³/mol. The molecule has 11 heteroatoms. The predicted octanol–water partition coefficient (Wildman–Crippen LogP) is 3.67. The van der Waals surface area contributed by atoms with Crippen molar-refractivity contribution in [3.8, 4) is 28.7 Å². The average molecular weight is 506 g/mol. The second-order valence-corrected chi connectivity index (χ2v) is 9.50. The van der Waals surface area contributed by atoms with Crippen LogP contribution in [0, 0.1) is 22.6 Å². The number of carbonyl (C=O) groups is 1. The first-order valence-corrected chi connectivity index (χ1v) is 12.3. The number of rotatable bonds is 6. The summed E-state index contributed by atoms with van der Waals surface area (Å²) in [6.07, 6.45) is 3.94.